The summed E-state index contributed by atoms with van der Waals surface area (Å²) in [5, 5.41) is 8.95. The minimum atomic E-state index is 0. The highest BCUT2D eigenvalue weighted by Gasteiger charge is 2.09. The largest absolute Gasteiger partial charge is 0.379 e. The molecule has 1 aliphatic rings. The molecule has 1 atom stereocenters. The molecule has 1 unspecified atom stereocenters. The Bertz CT molecular complexity index is 464. The SMILES string of the molecule is CCNC(=NCC(C)Cc1cccs1)NCCCN1CCOCC1.I. The molecule has 0 radical (unpaired) electrons. The van der Waals surface area contributed by atoms with Gasteiger partial charge in [-0.25, -0.2) is 0 Å². The van der Waals surface area contributed by atoms with Gasteiger partial charge in [-0.3, -0.25) is 9.89 Å². The van der Waals surface area contributed by atoms with E-state index in [1.54, 1.807) is 0 Å². The summed E-state index contributed by atoms with van der Waals surface area (Å²) >= 11 is 1.83. The van der Waals surface area contributed by atoms with E-state index < -0.39 is 0 Å². The molecular formula is C18H33IN4OS. The average molecular weight is 480 g/mol. The van der Waals surface area contributed by atoms with Crippen LogP contribution in [0.15, 0.2) is 22.5 Å². The lowest BCUT2D eigenvalue weighted by atomic mass is 10.1. The van der Waals surface area contributed by atoms with Crippen molar-refractivity contribution >= 4 is 41.3 Å². The van der Waals surface area contributed by atoms with E-state index in [2.05, 4.69) is 46.9 Å². The quantitative estimate of drug-likeness (QED) is 0.247. The number of nitrogens with one attached hydrogen (secondary N) is 2. The molecule has 2 rings (SSSR count). The van der Waals surface area contributed by atoms with Crippen LogP contribution in [0.3, 0.4) is 0 Å². The molecule has 0 aliphatic carbocycles. The molecule has 0 amide bonds. The first-order valence-electron chi connectivity index (χ1n) is 9.12. The van der Waals surface area contributed by atoms with Crippen LogP contribution in [0.1, 0.15) is 25.1 Å². The minimum absolute atomic E-state index is 0. The van der Waals surface area contributed by atoms with Crippen molar-refractivity contribution in [3.63, 3.8) is 0 Å². The molecule has 144 valence electrons. The Labute approximate surface area is 173 Å². The van der Waals surface area contributed by atoms with Gasteiger partial charge in [-0.1, -0.05) is 13.0 Å². The molecule has 2 N–H and O–H groups in total. The lowest BCUT2D eigenvalue weighted by Crippen LogP contribution is -2.41. The number of morpholine rings is 1. The summed E-state index contributed by atoms with van der Waals surface area (Å²) in [6, 6.07) is 4.33. The van der Waals surface area contributed by atoms with Gasteiger partial charge in [0.25, 0.3) is 0 Å². The second kappa shape index (κ2) is 13.8. The van der Waals surface area contributed by atoms with Crippen LogP contribution in [0.4, 0.5) is 0 Å². The first-order valence-corrected chi connectivity index (χ1v) is 10.0. The van der Waals surface area contributed by atoms with E-state index in [9.17, 15) is 0 Å². The van der Waals surface area contributed by atoms with E-state index in [0.29, 0.717) is 5.92 Å². The Morgan fingerprint density at radius 1 is 1.36 bits per heavy atom. The third-order valence-corrected chi connectivity index (χ3v) is 4.98. The Kier molecular flexibility index (Phi) is 12.5. The first-order chi connectivity index (χ1) is 11.8. The molecule has 1 aliphatic heterocycles. The number of aliphatic imine (C=N–C) groups is 1. The van der Waals surface area contributed by atoms with Gasteiger partial charge in [-0.2, -0.15) is 0 Å². The zero-order valence-electron chi connectivity index (χ0n) is 15.5. The second-order valence-corrected chi connectivity index (χ2v) is 7.37. The molecule has 0 spiro atoms. The van der Waals surface area contributed by atoms with E-state index in [1.165, 1.54) is 4.88 Å². The molecule has 0 aromatic carbocycles. The van der Waals surface area contributed by atoms with Crippen LogP contribution in [0.25, 0.3) is 0 Å². The van der Waals surface area contributed by atoms with Crippen molar-refractivity contribution in [3.05, 3.63) is 22.4 Å². The Balaban J connectivity index is 0.00000312. The Morgan fingerprint density at radius 2 is 2.16 bits per heavy atom. The number of rotatable bonds is 9. The number of hydrogen-bond donors (Lipinski definition) is 2. The van der Waals surface area contributed by atoms with Gasteiger partial charge < -0.3 is 15.4 Å². The smallest absolute Gasteiger partial charge is 0.191 e. The highest BCUT2D eigenvalue weighted by molar-refractivity contribution is 14.0. The highest BCUT2D eigenvalue weighted by Crippen LogP contribution is 2.14. The van der Waals surface area contributed by atoms with E-state index in [-0.39, 0.29) is 24.0 Å². The summed E-state index contributed by atoms with van der Waals surface area (Å²) < 4.78 is 5.38. The maximum atomic E-state index is 5.38. The van der Waals surface area contributed by atoms with Gasteiger partial charge in [0.15, 0.2) is 5.96 Å². The maximum absolute atomic E-state index is 5.38. The summed E-state index contributed by atoms with van der Waals surface area (Å²) in [6.07, 6.45) is 2.24. The second-order valence-electron chi connectivity index (χ2n) is 6.34. The van der Waals surface area contributed by atoms with Gasteiger partial charge in [-0.05, 0) is 43.7 Å². The maximum Gasteiger partial charge on any atom is 0.191 e. The third kappa shape index (κ3) is 9.77. The third-order valence-electron chi connectivity index (χ3n) is 4.08. The highest BCUT2D eigenvalue weighted by atomic mass is 127. The van der Waals surface area contributed by atoms with Crippen LogP contribution in [0, 0.1) is 5.92 Å². The number of thiophene rings is 1. The monoisotopic (exact) mass is 480 g/mol. The number of guanidine groups is 1. The fourth-order valence-electron chi connectivity index (χ4n) is 2.76. The summed E-state index contributed by atoms with van der Waals surface area (Å²) in [5.41, 5.74) is 0. The number of nitrogens with zero attached hydrogens (tertiary/aromatic N) is 2. The van der Waals surface area contributed by atoms with Crippen molar-refractivity contribution in [2.24, 2.45) is 10.9 Å². The van der Waals surface area contributed by atoms with Crippen molar-refractivity contribution in [1.29, 1.82) is 0 Å². The zero-order chi connectivity index (χ0) is 17.0. The van der Waals surface area contributed by atoms with Gasteiger partial charge >= 0.3 is 0 Å². The standard InChI is InChI=1S/C18H32N4OS.HI/c1-3-19-18(20-7-5-8-22-9-11-23-12-10-22)21-15-16(2)14-17-6-4-13-24-17;/h4,6,13,16H,3,5,7-12,14-15H2,1-2H3,(H2,19,20,21);1H. The molecule has 2 heterocycles. The number of hydrogen-bond acceptors (Lipinski definition) is 4. The predicted molar refractivity (Wildman–Crippen MR) is 118 cm³/mol. The van der Waals surface area contributed by atoms with Gasteiger partial charge in [0.2, 0.25) is 0 Å². The van der Waals surface area contributed by atoms with Gasteiger partial charge in [0, 0.05) is 37.6 Å². The number of halogens is 1. The average Bonchev–Trinajstić information content (AvgIpc) is 3.10. The van der Waals surface area contributed by atoms with Crippen LogP contribution in [-0.2, 0) is 11.2 Å². The van der Waals surface area contributed by atoms with Crippen LogP contribution in [0.2, 0.25) is 0 Å². The van der Waals surface area contributed by atoms with E-state index >= 15 is 0 Å². The van der Waals surface area contributed by atoms with Crippen LogP contribution < -0.4 is 10.6 Å². The van der Waals surface area contributed by atoms with Crippen molar-refractivity contribution in [2.75, 3.05) is 52.5 Å². The lowest BCUT2D eigenvalue weighted by Gasteiger charge is -2.26. The molecule has 1 aromatic heterocycles. The number of ether oxygens (including phenoxy) is 1. The summed E-state index contributed by atoms with van der Waals surface area (Å²) in [5.74, 6) is 1.50. The molecule has 25 heavy (non-hydrogen) atoms. The van der Waals surface area contributed by atoms with Crippen LogP contribution in [0.5, 0.6) is 0 Å². The minimum Gasteiger partial charge on any atom is -0.379 e. The summed E-state index contributed by atoms with van der Waals surface area (Å²) in [4.78, 5) is 8.66. The fourth-order valence-corrected chi connectivity index (χ4v) is 3.63. The van der Waals surface area contributed by atoms with Crippen molar-refractivity contribution in [3.8, 4) is 0 Å². The molecule has 0 bridgehead atoms. The van der Waals surface area contributed by atoms with Crippen LogP contribution >= 0.6 is 35.3 Å². The van der Waals surface area contributed by atoms with Crippen molar-refractivity contribution < 1.29 is 4.74 Å². The molecule has 5 nitrogen and oxygen atoms in total. The van der Waals surface area contributed by atoms with Crippen molar-refractivity contribution in [2.45, 2.75) is 26.7 Å². The summed E-state index contributed by atoms with van der Waals surface area (Å²) in [7, 11) is 0. The molecule has 0 saturated carbocycles. The normalized spacial score (nSPS) is 17.0. The molecular weight excluding hydrogens is 447 g/mol. The summed E-state index contributed by atoms with van der Waals surface area (Å²) in [6.45, 7) is 12.1. The van der Waals surface area contributed by atoms with Crippen molar-refractivity contribution in [1.82, 2.24) is 15.5 Å². The van der Waals surface area contributed by atoms with E-state index in [4.69, 9.17) is 9.73 Å². The molecule has 7 heteroatoms. The fraction of sp³-hybridized carbons (Fsp3) is 0.722. The lowest BCUT2D eigenvalue weighted by molar-refractivity contribution is 0.0376. The van der Waals surface area contributed by atoms with Crippen LogP contribution in [-0.4, -0.2) is 63.3 Å². The zero-order valence-corrected chi connectivity index (χ0v) is 18.6. The van der Waals surface area contributed by atoms with Gasteiger partial charge in [0.1, 0.15) is 0 Å². The Hall–Kier alpha value is -0.380. The van der Waals surface area contributed by atoms with Gasteiger partial charge in [-0.15, -0.1) is 35.3 Å². The Morgan fingerprint density at radius 3 is 2.84 bits per heavy atom. The van der Waals surface area contributed by atoms with E-state index in [0.717, 1.165) is 71.3 Å². The molecule has 1 fully saturated rings. The van der Waals surface area contributed by atoms with E-state index in [1.807, 2.05) is 11.3 Å². The first kappa shape index (κ1) is 22.7. The topological polar surface area (TPSA) is 48.9 Å². The predicted octanol–water partition coefficient (Wildman–Crippen LogP) is 2.82. The molecule has 1 saturated heterocycles. The molecule has 1 aromatic rings. The van der Waals surface area contributed by atoms with Gasteiger partial charge in [0.05, 0.1) is 13.2 Å².